The molecule has 78 valence electrons. The maximum atomic E-state index is 3.20. The lowest BCUT2D eigenvalue weighted by Gasteiger charge is -2.08. The average Bonchev–Trinajstić information content (AvgIpc) is 2.26. The maximum Gasteiger partial charge on any atom is -0.00111 e. The minimum absolute atomic E-state index is 1.04. The van der Waals surface area contributed by atoms with Gasteiger partial charge in [-0.1, -0.05) is 36.4 Å². The van der Waals surface area contributed by atoms with E-state index in [2.05, 4.69) is 48.6 Å². The summed E-state index contributed by atoms with van der Waals surface area (Å²) < 4.78 is 0. The van der Waals surface area contributed by atoms with E-state index in [1.54, 1.807) is 0 Å². The molecule has 2 aromatic carbocycles. The summed E-state index contributed by atoms with van der Waals surface area (Å²) in [7, 11) is 2.00. The third-order valence-electron chi connectivity index (χ3n) is 2.84. The van der Waals surface area contributed by atoms with Crippen LogP contribution in [0.1, 0.15) is 11.1 Å². The van der Waals surface area contributed by atoms with Crippen LogP contribution in [0, 0.1) is 6.92 Å². The van der Waals surface area contributed by atoms with Crippen molar-refractivity contribution in [2.24, 2.45) is 0 Å². The van der Waals surface area contributed by atoms with Gasteiger partial charge >= 0.3 is 0 Å². The molecule has 0 bridgehead atoms. The van der Waals surface area contributed by atoms with Crippen LogP contribution in [-0.4, -0.2) is 13.6 Å². The minimum atomic E-state index is 1.04. The molecule has 2 rings (SSSR count). The highest BCUT2D eigenvalue weighted by molar-refractivity contribution is 5.88. The predicted molar refractivity (Wildman–Crippen MR) is 66.3 cm³/mol. The second-order valence-corrected chi connectivity index (χ2v) is 3.94. The molecule has 0 spiro atoms. The zero-order chi connectivity index (χ0) is 10.7. The van der Waals surface area contributed by atoms with Gasteiger partial charge < -0.3 is 5.32 Å². The highest BCUT2D eigenvalue weighted by atomic mass is 14.8. The Morgan fingerprint density at radius 1 is 1.07 bits per heavy atom. The normalized spacial score (nSPS) is 10.8. The zero-order valence-electron chi connectivity index (χ0n) is 9.38. The van der Waals surface area contributed by atoms with E-state index in [-0.39, 0.29) is 0 Å². The number of hydrogen-bond acceptors (Lipinski definition) is 1. The summed E-state index contributed by atoms with van der Waals surface area (Å²) in [4.78, 5) is 0. The van der Waals surface area contributed by atoms with Crippen molar-refractivity contribution in [1.29, 1.82) is 0 Å². The van der Waals surface area contributed by atoms with Gasteiger partial charge in [0.05, 0.1) is 0 Å². The van der Waals surface area contributed by atoms with Crippen molar-refractivity contribution in [3.63, 3.8) is 0 Å². The van der Waals surface area contributed by atoms with Gasteiger partial charge in [0.15, 0.2) is 0 Å². The Morgan fingerprint density at radius 2 is 1.80 bits per heavy atom. The molecule has 0 radical (unpaired) electrons. The SMILES string of the molecule is CNCCc1cccc2cccc(C)c12. The molecule has 0 aliphatic heterocycles. The molecule has 2 aromatic rings. The smallest absolute Gasteiger partial charge is 0.00111 e. The molecular formula is C14H17N. The summed E-state index contributed by atoms with van der Waals surface area (Å²) in [6.45, 7) is 3.22. The first kappa shape index (κ1) is 10.2. The maximum absolute atomic E-state index is 3.20. The topological polar surface area (TPSA) is 12.0 Å². The lowest BCUT2D eigenvalue weighted by molar-refractivity contribution is 0.795. The third-order valence-corrected chi connectivity index (χ3v) is 2.84. The number of nitrogens with one attached hydrogen (secondary N) is 1. The number of hydrogen-bond donors (Lipinski definition) is 1. The fraction of sp³-hybridized carbons (Fsp3) is 0.286. The highest BCUT2D eigenvalue weighted by Gasteiger charge is 2.02. The monoisotopic (exact) mass is 199 g/mol. The van der Waals surface area contributed by atoms with Crippen molar-refractivity contribution in [1.82, 2.24) is 5.32 Å². The van der Waals surface area contributed by atoms with Crippen LogP contribution < -0.4 is 5.32 Å². The van der Waals surface area contributed by atoms with Crippen LogP contribution in [0.3, 0.4) is 0 Å². The summed E-state index contributed by atoms with van der Waals surface area (Å²) in [5, 5.41) is 5.98. The number of aryl methyl sites for hydroxylation is 1. The summed E-state index contributed by atoms with van der Waals surface area (Å²) in [6.07, 6.45) is 1.10. The Morgan fingerprint density at radius 3 is 2.53 bits per heavy atom. The molecule has 0 saturated carbocycles. The van der Waals surface area contributed by atoms with E-state index in [9.17, 15) is 0 Å². The van der Waals surface area contributed by atoms with Crippen molar-refractivity contribution in [2.45, 2.75) is 13.3 Å². The predicted octanol–water partition coefficient (Wildman–Crippen LogP) is 2.91. The van der Waals surface area contributed by atoms with Gasteiger partial charge in [0, 0.05) is 0 Å². The van der Waals surface area contributed by atoms with E-state index in [1.165, 1.54) is 21.9 Å². The largest absolute Gasteiger partial charge is 0.319 e. The Balaban J connectivity index is 2.53. The molecule has 0 aromatic heterocycles. The van der Waals surface area contributed by atoms with Gasteiger partial charge in [0.25, 0.3) is 0 Å². The third kappa shape index (κ3) is 2.02. The standard InChI is InChI=1S/C14H17N/c1-11-5-3-6-12-7-4-8-13(14(11)12)9-10-15-2/h3-8,15H,9-10H2,1-2H3. The van der Waals surface area contributed by atoms with E-state index in [4.69, 9.17) is 0 Å². The second kappa shape index (κ2) is 4.45. The van der Waals surface area contributed by atoms with Gasteiger partial charge in [0.2, 0.25) is 0 Å². The Bertz CT molecular complexity index is 455. The van der Waals surface area contributed by atoms with Crippen LogP contribution in [0.4, 0.5) is 0 Å². The highest BCUT2D eigenvalue weighted by Crippen LogP contribution is 2.22. The lowest BCUT2D eigenvalue weighted by atomic mass is 9.98. The van der Waals surface area contributed by atoms with Crippen LogP contribution >= 0.6 is 0 Å². The minimum Gasteiger partial charge on any atom is -0.319 e. The van der Waals surface area contributed by atoms with E-state index in [0.717, 1.165) is 13.0 Å². The van der Waals surface area contributed by atoms with Crippen molar-refractivity contribution >= 4 is 10.8 Å². The molecule has 0 heterocycles. The first-order chi connectivity index (χ1) is 7.33. The average molecular weight is 199 g/mol. The van der Waals surface area contributed by atoms with Crippen molar-refractivity contribution < 1.29 is 0 Å². The van der Waals surface area contributed by atoms with Crippen LogP contribution in [0.25, 0.3) is 10.8 Å². The Kier molecular flexibility index (Phi) is 3.02. The van der Waals surface area contributed by atoms with Crippen LogP contribution in [0.5, 0.6) is 0 Å². The Labute approximate surface area is 91.1 Å². The second-order valence-electron chi connectivity index (χ2n) is 3.94. The summed E-state index contributed by atoms with van der Waals surface area (Å²) in [5.41, 5.74) is 2.82. The van der Waals surface area contributed by atoms with E-state index < -0.39 is 0 Å². The number of likely N-dealkylation sites (N-methyl/N-ethyl adjacent to an activating group) is 1. The fourth-order valence-corrected chi connectivity index (χ4v) is 2.09. The zero-order valence-corrected chi connectivity index (χ0v) is 9.38. The van der Waals surface area contributed by atoms with E-state index in [1.807, 2.05) is 7.05 Å². The molecule has 0 aliphatic rings. The molecule has 0 saturated heterocycles. The molecule has 1 N–H and O–H groups in total. The molecule has 0 atom stereocenters. The van der Waals surface area contributed by atoms with Gasteiger partial charge in [-0.3, -0.25) is 0 Å². The van der Waals surface area contributed by atoms with Crippen LogP contribution in [0.15, 0.2) is 36.4 Å². The summed E-state index contributed by atoms with van der Waals surface area (Å²) in [6, 6.07) is 13.1. The van der Waals surface area contributed by atoms with E-state index in [0.29, 0.717) is 0 Å². The van der Waals surface area contributed by atoms with Crippen LogP contribution in [0.2, 0.25) is 0 Å². The molecule has 15 heavy (non-hydrogen) atoms. The number of rotatable bonds is 3. The first-order valence-corrected chi connectivity index (χ1v) is 5.45. The van der Waals surface area contributed by atoms with Crippen molar-refractivity contribution in [3.8, 4) is 0 Å². The van der Waals surface area contributed by atoms with Gasteiger partial charge in [-0.25, -0.2) is 0 Å². The van der Waals surface area contributed by atoms with Gasteiger partial charge in [0.1, 0.15) is 0 Å². The number of benzene rings is 2. The van der Waals surface area contributed by atoms with Gasteiger partial charge in [-0.15, -0.1) is 0 Å². The summed E-state index contributed by atoms with van der Waals surface area (Å²) >= 11 is 0. The van der Waals surface area contributed by atoms with Gasteiger partial charge in [-0.05, 0) is 48.8 Å². The molecule has 0 aliphatic carbocycles. The molecule has 1 heteroatoms. The molecule has 0 unspecified atom stereocenters. The summed E-state index contributed by atoms with van der Waals surface area (Å²) in [5.74, 6) is 0. The molecule has 0 fully saturated rings. The first-order valence-electron chi connectivity index (χ1n) is 5.45. The molecule has 1 nitrogen and oxygen atoms in total. The quantitative estimate of drug-likeness (QED) is 0.801. The lowest BCUT2D eigenvalue weighted by Crippen LogP contribution is -2.10. The van der Waals surface area contributed by atoms with Crippen LogP contribution in [-0.2, 0) is 6.42 Å². The fourth-order valence-electron chi connectivity index (χ4n) is 2.09. The van der Waals surface area contributed by atoms with E-state index >= 15 is 0 Å². The number of fused-ring (bicyclic) bond motifs is 1. The van der Waals surface area contributed by atoms with Crippen molar-refractivity contribution in [3.05, 3.63) is 47.5 Å². The molecular weight excluding hydrogens is 182 g/mol. The van der Waals surface area contributed by atoms with Crippen molar-refractivity contribution in [2.75, 3.05) is 13.6 Å². The van der Waals surface area contributed by atoms with Gasteiger partial charge in [-0.2, -0.15) is 0 Å². The molecule has 0 amide bonds. The Hall–Kier alpha value is -1.34.